The molecule has 4 heteroatoms. The van der Waals surface area contributed by atoms with Crippen LogP contribution in [0.1, 0.15) is 16.7 Å². The van der Waals surface area contributed by atoms with Gasteiger partial charge in [0.25, 0.3) is 0 Å². The molecule has 1 N–H and O–H groups in total. The molecule has 3 rings (SSSR count). The predicted molar refractivity (Wildman–Crippen MR) is 105 cm³/mol. The molecule has 0 saturated carbocycles. The van der Waals surface area contributed by atoms with Crippen LogP contribution in [-0.2, 0) is 4.74 Å². The number of aryl methyl sites for hydroxylation is 2. The molecule has 3 atom stereocenters. The van der Waals surface area contributed by atoms with Gasteiger partial charge in [-0.05, 0) is 73.5 Å². The topological polar surface area (TPSA) is 47.9 Å². The summed E-state index contributed by atoms with van der Waals surface area (Å²) in [5.74, 6) is 7.72. The van der Waals surface area contributed by atoms with Crippen molar-refractivity contribution in [2.24, 2.45) is 0 Å². The molecule has 27 heavy (non-hydrogen) atoms. The summed E-state index contributed by atoms with van der Waals surface area (Å²) in [6.07, 6.45) is 2.58. The van der Waals surface area contributed by atoms with Crippen LogP contribution in [0, 0.1) is 25.7 Å². The Morgan fingerprint density at radius 2 is 1.70 bits per heavy atom. The van der Waals surface area contributed by atoms with Gasteiger partial charge in [-0.2, -0.15) is 0 Å². The van der Waals surface area contributed by atoms with Gasteiger partial charge in [-0.15, -0.1) is 0 Å². The number of rotatable bonds is 4. The third-order valence-electron chi connectivity index (χ3n) is 4.26. The third kappa shape index (κ3) is 5.13. The lowest BCUT2D eigenvalue weighted by Crippen LogP contribution is -2.41. The quantitative estimate of drug-likeness (QED) is 0.667. The molecule has 0 aliphatic carbocycles. The number of hydrogen-bond donors (Lipinski definition) is 1. The number of aliphatic hydroxyl groups is 1. The standard InChI is InChI=1S/C23H24O4/c1-16-12-17(2)14-21(13-16)27-22-11-10-20(26-23(22)15-24)9-6-18-4-7-19(25-3)8-5-18/h4-5,7-8,10-14,20,22-24H,15H2,1-3H3. The van der Waals surface area contributed by atoms with Gasteiger partial charge in [-0.3, -0.25) is 0 Å². The highest BCUT2D eigenvalue weighted by Gasteiger charge is 2.27. The Labute approximate surface area is 160 Å². The average molecular weight is 364 g/mol. The Balaban J connectivity index is 1.69. The first-order valence-electron chi connectivity index (χ1n) is 8.92. The summed E-state index contributed by atoms with van der Waals surface area (Å²) in [5.41, 5.74) is 3.14. The Morgan fingerprint density at radius 3 is 2.33 bits per heavy atom. The molecule has 3 unspecified atom stereocenters. The minimum absolute atomic E-state index is 0.138. The Morgan fingerprint density at radius 1 is 1.00 bits per heavy atom. The van der Waals surface area contributed by atoms with Crippen LogP contribution in [-0.4, -0.2) is 37.1 Å². The minimum atomic E-state index is -0.467. The van der Waals surface area contributed by atoms with E-state index in [1.165, 1.54) is 0 Å². The smallest absolute Gasteiger partial charge is 0.145 e. The zero-order valence-corrected chi connectivity index (χ0v) is 15.8. The van der Waals surface area contributed by atoms with Gasteiger partial charge >= 0.3 is 0 Å². The van der Waals surface area contributed by atoms with E-state index < -0.39 is 6.10 Å². The van der Waals surface area contributed by atoms with Crippen LogP contribution in [0.4, 0.5) is 0 Å². The van der Waals surface area contributed by atoms with E-state index in [9.17, 15) is 5.11 Å². The van der Waals surface area contributed by atoms with Crippen molar-refractivity contribution < 1.29 is 19.3 Å². The zero-order valence-electron chi connectivity index (χ0n) is 15.8. The molecule has 2 aromatic carbocycles. The highest BCUT2D eigenvalue weighted by molar-refractivity contribution is 5.39. The van der Waals surface area contributed by atoms with Crippen molar-refractivity contribution in [3.8, 4) is 23.3 Å². The SMILES string of the molecule is COc1ccc(C#CC2C=CC(Oc3cc(C)cc(C)c3)C(CO)O2)cc1. The van der Waals surface area contributed by atoms with E-state index in [0.717, 1.165) is 28.2 Å². The molecular weight excluding hydrogens is 340 g/mol. The summed E-state index contributed by atoms with van der Waals surface area (Å²) in [6.45, 7) is 3.92. The normalized spacial score (nSPS) is 21.3. The van der Waals surface area contributed by atoms with Crippen molar-refractivity contribution in [2.75, 3.05) is 13.7 Å². The molecule has 0 spiro atoms. The highest BCUT2D eigenvalue weighted by Crippen LogP contribution is 2.22. The van der Waals surface area contributed by atoms with Gasteiger partial charge < -0.3 is 19.3 Å². The molecule has 4 nitrogen and oxygen atoms in total. The molecule has 0 saturated heterocycles. The molecule has 0 bridgehead atoms. The number of ether oxygens (including phenoxy) is 3. The van der Waals surface area contributed by atoms with Crippen LogP contribution in [0.2, 0.25) is 0 Å². The van der Waals surface area contributed by atoms with Crippen molar-refractivity contribution in [3.63, 3.8) is 0 Å². The van der Waals surface area contributed by atoms with Crippen LogP contribution in [0.5, 0.6) is 11.5 Å². The molecule has 1 aliphatic rings. The summed E-state index contributed by atoms with van der Waals surface area (Å²) in [6, 6.07) is 13.6. The molecule has 1 heterocycles. The molecule has 0 amide bonds. The van der Waals surface area contributed by atoms with Gasteiger partial charge in [0, 0.05) is 5.56 Å². The number of aliphatic hydroxyl groups excluding tert-OH is 1. The van der Waals surface area contributed by atoms with Gasteiger partial charge in [0.15, 0.2) is 0 Å². The van der Waals surface area contributed by atoms with Crippen LogP contribution < -0.4 is 9.47 Å². The lowest BCUT2D eigenvalue weighted by molar-refractivity contribution is -0.0549. The lowest BCUT2D eigenvalue weighted by atomic mass is 10.1. The molecule has 0 radical (unpaired) electrons. The molecule has 0 fully saturated rings. The zero-order chi connectivity index (χ0) is 19.2. The van der Waals surface area contributed by atoms with Crippen LogP contribution in [0.15, 0.2) is 54.6 Å². The second-order valence-corrected chi connectivity index (χ2v) is 6.57. The first-order chi connectivity index (χ1) is 13.1. The van der Waals surface area contributed by atoms with Crippen molar-refractivity contribution in [3.05, 3.63) is 71.3 Å². The fraction of sp³-hybridized carbons (Fsp3) is 0.304. The maximum Gasteiger partial charge on any atom is 0.145 e. The summed E-state index contributed by atoms with van der Waals surface area (Å²) < 4.78 is 17.1. The van der Waals surface area contributed by atoms with Gasteiger partial charge in [-0.25, -0.2) is 0 Å². The van der Waals surface area contributed by atoms with Crippen LogP contribution in [0.3, 0.4) is 0 Å². The number of benzene rings is 2. The lowest BCUT2D eigenvalue weighted by Gasteiger charge is -2.29. The summed E-state index contributed by atoms with van der Waals surface area (Å²) in [4.78, 5) is 0. The van der Waals surface area contributed by atoms with Gasteiger partial charge in [0.1, 0.15) is 29.8 Å². The van der Waals surface area contributed by atoms with Gasteiger partial charge in [-0.1, -0.05) is 17.9 Å². The van der Waals surface area contributed by atoms with E-state index in [4.69, 9.17) is 14.2 Å². The Bertz CT molecular complexity index is 838. The van der Waals surface area contributed by atoms with Crippen molar-refractivity contribution in [2.45, 2.75) is 32.2 Å². The van der Waals surface area contributed by atoms with Crippen molar-refractivity contribution in [1.29, 1.82) is 0 Å². The molecular formula is C23H24O4. The van der Waals surface area contributed by atoms with E-state index >= 15 is 0 Å². The van der Waals surface area contributed by atoms with Gasteiger partial charge in [0.05, 0.1) is 13.7 Å². The van der Waals surface area contributed by atoms with Crippen molar-refractivity contribution >= 4 is 0 Å². The average Bonchev–Trinajstić information content (AvgIpc) is 2.66. The van der Waals surface area contributed by atoms with E-state index in [1.54, 1.807) is 7.11 Å². The Hall–Kier alpha value is -2.74. The first-order valence-corrected chi connectivity index (χ1v) is 8.92. The minimum Gasteiger partial charge on any atom is -0.497 e. The Kier molecular flexibility index (Phi) is 6.18. The maximum atomic E-state index is 9.71. The monoisotopic (exact) mass is 364 g/mol. The van der Waals surface area contributed by atoms with Crippen molar-refractivity contribution in [1.82, 2.24) is 0 Å². The number of hydrogen-bond acceptors (Lipinski definition) is 4. The molecule has 1 aliphatic heterocycles. The van der Waals surface area contributed by atoms with E-state index in [1.807, 2.05) is 62.4 Å². The molecule has 140 valence electrons. The van der Waals surface area contributed by atoms with E-state index in [0.29, 0.717) is 0 Å². The van der Waals surface area contributed by atoms with E-state index in [2.05, 4.69) is 17.9 Å². The predicted octanol–water partition coefficient (Wildman–Crippen LogP) is 3.43. The summed E-state index contributed by atoms with van der Waals surface area (Å²) in [7, 11) is 1.63. The second-order valence-electron chi connectivity index (χ2n) is 6.57. The van der Waals surface area contributed by atoms with E-state index in [-0.39, 0.29) is 18.8 Å². The van der Waals surface area contributed by atoms with Crippen LogP contribution >= 0.6 is 0 Å². The maximum absolute atomic E-state index is 9.71. The summed E-state index contributed by atoms with van der Waals surface area (Å²) in [5, 5.41) is 9.71. The third-order valence-corrected chi connectivity index (χ3v) is 4.26. The fourth-order valence-electron chi connectivity index (χ4n) is 2.98. The van der Waals surface area contributed by atoms with Crippen LogP contribution in [0.25, 0.3) is 0 Å². The first kappa shape index (κ1) is 19.0. The second kappa shape index (κ2) is 8.77. The summed E-state index contributed by atoms with van der Waals surface area (Å²) >= 11 is 0. The largest absolute Gasteiger partial charge is 0.497 e. The fourth-order valence-corrected chi connectivity index (χ4v) is 2.98. The molecule has 0 aromatic heterocycles. The number of methoxy groups -OCH3 is 1. The highest BCUT2D eigenvalue weighted by atomic mass is 16.6. The van der Waals surface area contributed by atoms with Gasteiger partial charge in [0.2, 0.25) is 0 Å². The molecule has 2 aromatic rings.